The van der Waals surface area contributed by atoms with E-state index >= 15 is 0 Å². The fourth-order valence-corrected chi connectivity index (χ4v) is 5.35. The van der Waals surface area contributed by atoms with E-state index < -0.39 is 0 Å². The van der Waals surface area contributed by atoms with Crippen LogP contribution in [0.3, 0.4) is 0 Å². The third-order valence-electron chi connectivity index (χ3n) is 6.90. The summed E-state index contributed by atoms with van der Waals surface area (Å²) in [5.74, 6) is 0.949. The molecule has 3 heterocycles. The Morgan fingerprint density at radius 3 is 2.36 bits per heavy atom. The van der Waals surface area contributed by atoms with Gasteiger partial charge in [0.2, 0.25) is 11.8 Å². The molecule has 3 aliphatic heterocycles. The quantitative estimate of drug-likeness (QED) is 0.828. The number of aliphatic hydroxyl groups excluding tert-OH is 1. The van der Waals surface area contributed by atoms with Crippen LogP contribution in [0.25, 0.3) is 0 Å². The Hall–Kier alpha value is -1.10. The first kappa shape index (κ1) is 18.7. The molecule has 1 N–H and O–H groups in total. The maximum absolute atomic E-state index is 13.2. The van der Waals surface area contributed by atoms with Gasteiger partial charge < -0.3 is 14.9 Å². The Bertz CT molecular complexity index is 507. The van der Waals surface area contributed by atoms with Crippen LogP contribution in [0.1, 0.15) is 65.7 Å². The first-order valence-corrected chi connectivity index (χ1v) is 10.1. The summed E-state index contributed by atoms with van der Waals surface area (Å²) >= 11 is 0. The number of hydrogen-bond acceptors (Lipinski definition) is 3. The molecule has 3 rings (SSSR count). The summed E-state index contributed by atoms with van der Waals surface area (Å²) in [6.45, 7) is 7.89. The van der Waals surface area contributed by atoms with Crippen LogP contribution in [0, 0.1) is 17.3 Å². The van der Waals surface area contributed by atoms with E-state index in [0.29, 0.717) is 31.5 Å². The lowest BCUT2D eigenvalue weighted by atomic mass is 9.72. The fraction of sp³-hybridized carbons (Fsp3) is 0.900. The Labute approximate surface area is 151 Å². The fourth-order valence-electron chi connectivity index (χ4n) is 5.35. The Balaban J connectivity index is 1.60. The van der Waals surface area contributed by atoms with E-state index in [2.05, 4.69) is 25.7 Å². The minimum Gasteiger partial charge on any atom is -0.396 e. The number of hydrogen-bond donors (Lipinski definition) is 1. The van der Waals surface area contributed by atoms with Crippen LogP contribution in [0.2, 0.25) is 0 Å². The lowest BCUT2D eigenvalue weighted by Crippen LogP contribution is -2.48. The van der Waals surface area contributed by atoms with Gasteiger partial charge in [-0.05, 0) is 44.4 Å². The molecule has 2 bridgehead atoms. The number of likely N-dealkylation sites (tertiary alicyclic amines) is 1. The molecule has 0 aromatic heterocycles. The van der Waals surface area contributed by atoms with Crippen LogP contribution in [0.15, 0.2) is 0 Å². The first-order valence-electron chi connectivity index (χ1n) is 10.1. The van der Waals surface area contributed by atoms with Crippen molar-refractivity contribution in [1.29, 1.82) is 0 Å². The normalized spacial score (nSPS) is 32.7. The number of rotatable bonds is 5. The third kappa shape index (κ3) is 3.32. The highest BCUT2D eigenvalue weighted by Gasteiger charge is 2.56. The summed E-state index contributed by atoms with van der Waals surface area (Å²) in [5, 5.41) is 9.93. The second kappa shape index (κ2) is 7.26. The van der Waals surface area contributed by atoms with Gasteiger partial charge in [0.05, 0.1) is 6.61 Å². The molecule has 2 amide bonds. The molecule has 3 fully saturated rings. The molecule has 0 unspecified atom stereocenters. The zero-order chi connectivity index (χ0) is 18.2. The van der Waals surface area contributed by atoms with E-state index in [1.165, 1.54) is 0 Å². The van der Waals surface area contributed by atoms with Crippen LogP contribution in [-0.2, 0) is 9.59 Å². The molecule has 0 aromatic rings. The molecular weight excluding hydrogens is 316 g/mol. The first-order chi connectivity index (χ1) is 11.9. The molecule has 5 nitrogen and oxygen atoms in total. The van der Waals surface area contributed by atoms with Gasteiger partial charge in [0.15, 0.2) is 0 Å². The van der Waals surface area contributed by atoms with Crippen LogP contribution in [-0.4, -0.2) is 58.5 Å². The molecule has 3 atom stereocenters. The molecule has 0 saturated carbocycles. The lowest BCUT2D eigenvalue weighted by molar-refractivity contribution is -0.142. The number of nitrogens with zero attached hydrogens (tertiary/aromatic N) is 2. The van der Waals surface area contributed by atoms with Gasteiger partial charge in [0.1, 0.15) is 0 Å². The van der Waals surface area contributed by atoms with Gasteiger partial charge in [-0.15, -0.1) is 0 Å². The van der Waals surface area contributed by atoms with Gasteiger partial charge >= 0.3 is 0 Å². The largest absolute Gasteiger partial charge is 0.396 e. The van der Waals surface area contributed by atoms with E-state index in [4.69, 9.17) is 0 Å². The van der Waals surface area contributed by atoms with Crippen LogP contribution < -0.4 is 0 Å². The lowest BCUT2D eigenvalue weighted by Gasteiger charge is -2.37. The van der Waals surface area contributed by atoms with Crippen molar-refractivity contribution in [2.45, 2.75) is 77.8 Å². The highest BCUT2D eigenvalue weighted by atomic mass is 16.3. The topological polar surface area (TPSA) is 60.9 Å². The number of piperidine rings is 1. The van der Waals surface area contributed by atoms with Crippen molar-refractivity contribution in [2.24, 2.45) is 17.3 Å². The molecule has 3 saturated heterocycles. The Morgan fingerprint density at radius 1 is 1.16 bits per heavy atom. The zero-order valence-corrected chi connectivity index (χ0v) is 16.0. The van der Waals surface area contributed by atoms with Crippen molar-refractivity contribution in [2.75, 3.05) is 19.7 Å². The van der Waals surface area contributed by atoms with E-state index in [0.717, 1.165) is 38.5 Å². The van der Waals surface area contributed by atoms with E-state index in [9.17, 15) is 14.7 Å². The predicted molar refractivity (Wildman–Crippen MR) is 96.8 cm³/mol. The van der Waals surface area contributed by atoms with E-state index in [1.807, 2.05) is 4.90 Å². The van der Waals surface area contributed by atoms with E-state index in [-0.39, 0.29) is 35.8 Å². The van der Waals surface area contributed by atoms with Crippen molar-refractivity contribution in [3.8, 4) is 0 Å². The van der Waals surface area contributed by atoms with Gasteiger partial charge in [-0.3, -0.25) is 9.59 Å². The van der Waals surface area contributed by atoms with Crippen molar-refractivity contribution in [1.82, 2.24) is 9.80 Å². The summed E-state index contributed by atoms with van der Waals surface area (Å²) in [4.78, 5) is 29.5. The van der Waals surface area contributed by atoms with Gasteiger partial charge in [-0.25, -0.2) is 0 Å². The summed E-state index contributed by atoms with van der Waals surface area (Å²) in [6, 6.07) is 0.547. The van der Waals surface area contributed by atoms with Gasteiger partial charge in [0, 0.05) is 42.9 Å². The number of carbonyl (C=O) groups is 2. The van der Waals surface area contributed by atoms with Crippen LogP contribution in [0.4, 0.5) is 0 Å². The zero-order valence-electron chi connectivity index (χ0n) is 16.0. The van der Waals surface area contributed by atoms with Crippen molar-refractivity contribution in [3.05, 3.63) is 0 Å². The average Bonchev–Trinajstić information content (AvgIpc) is 3.16. The maximum Gasteiger partial charge on any atom is 0.226 e. The minimum absolute atomic E-state index is 0.0533. The minimum atomic E-state index is -0.0769. The molecule has 0 aromatic carbocycles. The number of amides is 2. The molecule has 3 aliphatic rings. The highest BCUT2D eigenvalue weighted by molar-refractivity contribution is 5.81. The van der Waals surface area contributed by atoms with Gasteiger partial charge in [-0.2, -0.15) is 0 Å². The predicted octanol–water partition coefficient (Wildman–Crippen LogP) is 2.42. The molecule has 142 valence electrons. The Morgan fingerprint density at radius 2 is 1.84 bits per heavy atom. The summed E-state index contributed by atoms with van der Waals surface area (Å²) in [6.07, 6.45) is 6.21. The summed E-state index contributed by atoms with van der Waals surface area (Å²) in [5.41, 5.74) is -0.0769. The molecule has 0 spiro atoms. The van der Waals surface area contributed by atoms with Gasteiger partial charge in [-0.1, -0.05) is 20.8 Å². The molecule has 0 aliphatic carbocycles. The number of aliphatic hydroxyl groups is 1. The second-order valence-corrected chi connectivity index (χ2v) is 8.82. The SMILES string of the molecule is CC[C@@]1(CO)C[C@@H]2CC[C@H]1N2C(=O)C1CCN(C(=O)CC(C)C)CC1. The van der Waals surface area contributed by atoms with Crippen LogP contribution >= 0.6 is 0 Å². The van der Waals surface area contributed by atoms with Crippen LogP contribution in [0.5, 0.6) is 0 Å². The molecule has 25 heavy (non-hydrogen) atoms. The average molecular weight is 351 g/mol. The monoisotopic (exact) mass is 350 g/mol. The van der Waals surface area contributed by atoms with E-state index in [1.54, 1.807) is 0 Å². The van der Waals surface area contributed by atoms with Crippen molar-refractivity contribution in [3.63, 3.8) is 0 Å². The van der Waals surface area contributed by atoms with Gasteiger partial charge in [0.25, 0.3) is 0 Å². The number of carbonyl (C=O) groups excluding carboxylic acids is 2. The standard InChI is InChI=1S/C20H34N2O3/c1-4-20(13-23)12-16-5-6-17(20)22(16)19(25)15-7-9-21(10-8-15)18(24)11-14(2)3/h14-17,23H,4-13H2,1-3H3/t16-,17+,20-/m0/s1. The third-order valence-corrected chi connectivity index (χ3v) is 6.90. The molecular formula is C20H34N2O3. The van der Waals surface area contributed by atoms with Crippen molar-refractivity contribution >= 4 is 11.8 Å². The highest BCUT2D eigenvalue weighted by Crippen LogP contribution is 2.52. The second-order valence-electron chi connectivity index (χ2n) is 8.82. The summed E-state index contributed by atoms with van der Waals surface area (Å²) in [7, 11) is 0. The molecule has 5 heteroatoms. The Kier molecular flexibility index (Phi) is 5.42. The molecule has 0 radical (unpaired) electrons. The smallest absolute Gasteiger partial charge is 0.226 e. The maximum atomic E-state index is 13.2. The van der Waals surface area contributed by atoms with Crippen molar-refractivity contribution < 1.29 is 14.7 Å². The number of fused-ring (bicyclic) bond motifs is 2. The summed E-state index contributed by atoms with van der Waals surface area (Å²) < 4.78 is 0.